The Bertz CT molecular complexity index is 342. The summed E-state index contributed by atoms with van der Waals surface area (Å²) in [5, 5.41) is 0. The summed E-state index contributed by atoms with van der Waals surface area (Å²) in [4.78, 5) is 4.57. The Hall–Kier alpha value is -0.830. The zero-order chi connectivity index (χ0) is 11.1. The van der Waals surface area contributed by atoms with E-state index in [-0.39, 0.29) is 5.41 Å². The lowest BCUT2D eigenvalue weighted by Gasteiger charge is -2.21. The molecule has 0 amide bonds. The number of nitrogens with two attached hydrogens (primary N) is 1. The van der Waals surface area contributed by atoms with Gasteiger partial charge in [-0.05, 0) is 19.4 Å². The van der Waals surface area contributed by atoms with Gasteiger partial charge < -0.3 is 10.3 Å². The summed E-state index contributed by atoms with van der Waals surface area (Å²) in [5.74, 6) is 1.22. The molecule has 0 spiro atoms. The van der Waals surface area contributed by atoms with E-state index in [0.29, 0.717) is 12.6 Å². The minimum absolute atomic E-state index is 0.134. The molecule has 1 aliphatic rings. The van der Waals surface area contributed by atoms with Crippen LogP contribution in [0.4, 0.5) is 0 Å². The first-order valence-electron chi connectivity index (χ1n) is 5.80. The lowest BCUT2D eigenvalue weighted by Crippen LogP contribution is -2.20. The highest BCUT2D eigenvalue weighted by Gasteiger charge is 2.31. The lowest BCUT2D eigenvalue weighted by molar-refractivity contribution is 0.494. The molecule has 1 saturated carbocycles. The highest BCUT2D eigenvalue weighted by Crippen LogP contribution is 2.39. The Morgan fingerprint density at radius 3 is 2.60 bits per heavy atom. The van der Waals surface area contributed by atoms with Crippen LogP contribution in [0, 0.1) is 0 Å². The maximum atomic E-state index is 5.63. The molecule has 1 aliphatic carbocycles. The average molecular weight is 207 g/mol. The first-order chi connectivity index (χ1) is 7.04. The van der Waals surface area contributed by atoms with Crippen molar-refractivity contribution >= 4 is 0 Å². The van der Waals surface area contributed by atoms with Crippen molar-refractivity contribution in [1.29, 1.82) is 0 Å². The predicted molar refractivity (Wildman–Crippen MR) is 62.0 cm³/mol. The molecule has 0 atom stereocenters. The van der Waals surface area contributed by atoms with Gasteiger partial charge in [-0.25, -0.2) is 4.98 Å². The molecule has 1 fully saturated rings. The number of aromatic nitrogens is 2. The second-order valence-corrected chi connectivity index (χ2v) is 5.46. The molecule has 1 heterocycles. The van der Waals surface area contributed by atoms with Crippen molar-refractivity contribution < 1.29 is 0 Å². The van der Waals surface area contributed by atoms with Gasteiger partial charge in [0.15, 0.2) is 0 Å². The Morgan fingerprint density at radius 1 is 1.47 bits per heavy atom. The monoisotopic (exact) mass is 207 g/mol. The van der Waals surface area contributed by atoms with Gasteiger partial charge in [0.05, 0.1) is 0 Å². The third-order valence-electron chi connectivity index (χ3n) is 2.86. The highest BCUT2D eigenvalue weighted by molar-refractivity contribution is 5.16. The van der Waals surface area contributed by atoms with Crippen LogP contribution in [-0.4, -0.2) is 16.1 Å². The summed E-state index contributed by atoms with van der Waals surface area (Å²) in [7, 11) is 0. The van der Waals surface area contributed by atoms with Crippen molar-refractivity contribution in [3.63, 3.8) is 0 Å². The standard InChI is InChI=1S/C12H21N3/c1-12(2,3)11-14-8-10(6-7-13)15(11)9-4-5-9/h8-9H,4-7,13H2,1-3H3. The second kappa shape index (κ2) is 3.63. The molecular weight excluding hydrogens is 186 g/mol. The number of rotatable bonds is 3. The second-order valence-electron chi connectivity index (χ2n) is 5.46. The number of hydrogen-bond acceptors (Lipinski definition) is 2. The van der Waals surface area contributed by atoms with E-state index in [1.54, 1.807) is 0 Å². The van der Waals surface area contributed by atoms with E-state index in [2.05, 4.69) is 30.3 Å². The molecule has 3 nitrogen and oxygen atoms in total. The molecule has 15 heavy (non-hydrogen) atoms. The van der Waals surface area contributed by atoms with E-state index in [1.165, 1.54) is 24.4 Å². The van der Waals surface area contributed by atoms with Crippen LogP contribution in [0.2, 0.25) is 0 Å². The Labute approximate surface area is 91.7 Å². The highest BCUT2D eigenvalue weighted by atomic mass is 15.1. The molecule has 0 unspecified atom stereocenters. The van der Waals surface area contributed by atoms with Crippen LogP contribution >= 0.6 is 0 Å². The van der Waals surface area contributed by atoms with Crippen LogP contribution in [0.3, 0.4) is 0 Å². The molecule has 84 valence electrons. The Morgan fingerprint density at radius 2 is 2.13 bits per heavy atom. The lowest BCUT2D eigenvalue weighted by atomic mass is 9.95. The number of hydrogen-bond donors (Lipinski definition) is 1. The molecule has 0 aromatic carbocycles. The van der Waals surface area contributed by atoms with Gasteiger partial charge >= 0.3 is 0 Å². The summed E-state index contributed by atoms with van der Waals surface area (Å²) in [6.07, 6.45) is 5.55. The third kappa shape index (κ3) is 2.07. The average Bonchev–Trinajstić information content (AvgIpc) is 2.87. The molecule has 2 N–H and O–H groups in total. The quantitative estimate of drug-likeness (QED) is 0.824. The van der Waals surface area contributed by atoms with E-state index in [1.807, 2.05) is 6.20 Å². The number of imidazole rings is 1. The van der Waals surface area contributed by atoms with Gasteiger partial charge in [-0.2, -0.15) is 0 Å². The van der Waals surface area contributed by atoms with Crippen molar-refractivity contribution in [1.82, 2.24) is 9.55 Å². The Kier molecular flexibility index (Phi) is 2.59. The van der Waals surface area contributed by atoms with Crippen LogP contribution in [-0.2, 0) is 11.8 Å². The van der Waals surface area contributed by atoms with Gasteiger partial charge in [-0.15, -0.1) is 0 Å². The summed E-state index contributed by atoms with van der Waals surface area (Å²) >= 11 is 0. The largest absolute Gasteiger partial charge is 0.330 e. The van der Waals surface area contributed by atoms with Crippen molar-refractivity contribution in [2.45, 2.75) is 51.5 Å². The van der Waals surface area contributed by atoms with Gasteiger partial charge in [-0.1, -0.05) is 20.8 Å². The van der Waals surface area contributed by atoms with Crippen LogP contribution < -0.4 is 5.73 Å². The molecular formula is C12H21N3. The third-order valence-corrected chi connectivity index (χ3v) is 2.86. The van der Waals surface area contributed by atoms with Crippen LogP contribution in [0.1, 0.15) is 51.2 Å². The van der Waals surface area contributed by atoms with E-state index in [0.717, 1.165) is 6.42 Å². The van der Waals surface area contributed by atoms with Crippen molar-refractivity contribution in [3.05, 3.63) is 17.7 Å². The van der Waals surface area contributed by atoms with Crippen molar-refractivity contribution in [3.8, 4) is 0 Å². The normalized spacial score (nSPS) is 17.1. The zero-order valence-electron chi connectivity index (χ0n) is 9.95. The summed E-state index contributed by atoms with van der Waals surface area (Å²) in [5.41, 5.74) is 7.07. The maximum Gasteiger partial charge on any atom is 0.114 e. The van der Waals surface area contributed by atoms with Crippen molar-refractivity contribution in [2.24, 2.45) is 5.73 Å². The van der Waals surface area contributed by atoms with Gasteiger partial charge in [0.2, 0.25) is 0 Å². The van der Waals surface area contributed by atoms with E-state index in [4.69, 9.17) is 5.73 Å². The SMILES string of the molecule is CC(C)(C)c1ncc(CCN)n1C1CC1. The molecule has 1 aromatic rings. The fraction of sp³-hybridized carbons (Fsp3) is 0.750. The molecule has 0 bridgehead atoms. The maximum absolute atomic E-state index is 5.63. The Balaban J connectivity index is 2.38. The number of nitrogens with zero attached hydrogens (tertiary/aromatic N) is 2. The summed E-state index contributed by atoms with van der Waals surface area (Å²) < 4.78 is 2.42. The molecule has 2 rings (SSSR count). The summed E-state index contributed by atoms with van der Waals surface area (Å²) in [6, 6.07) is 0.697. The molecule has 3 heteroatoms. The van der Waals surface area contributed by atoms with Crippen LogP contribution in [0.15, 0.2) is 6.20 Å². The fourth-order valence-electron chi connectivity index (χ4n) is 2.02. The molecule has 1 aromatic heterocycles. The van der Waals surface area contributed by atoms with Gasteiger partial charge in [-0.3, -0.25) is 0 Å². The minimum Gasteiger partial charge on any atom is -0.330 e. The molecule has 0 radical (unpaired) electrons. The molecule has 0 saturated heterocycles. The fourth-order valence-corrected chi connectivity index (χ4v) is 2.02. The summed E-state index contributed by atoms with van der Waals surface area (Å²) in [6.45, 7) is 7.38. The smallest absolute Gasteiger partial charge is 0.114 e. The zero-order valence-corrected chi connectivity index (χ0v) is 9.95. The van der Waals surface area contributed by atoms with Gasteiger partial charge in [0, 0.05) is 29.8 Å². The van der Waals surface area contributed by atoms with Crippen molar-refractivity contribution in [2.75, 3.05) is 6.54 Å². The van der Waals surface area contributed by atoms with E-state index >= 15 is 0 Å². The minimum atomic E-state index is 0.134. The first-order valence-corrected chi connectivity index (χ1v) is 5.80. The van der Waals surface area contributed by atoms with Gasteiger partial charge in [0.25, 0.3) is 0 Å². The topological polar surface area (TPSA) is 43.8 Å². The van der Waals surface area contributed by atoms with Gasteiger partial charge in [0.1, 0.15) is 5.82 Å². The molecule has 0 aliphatic heterocycles. The predicted octanol–water partition coefficient (Wildman–Crippen LogP) is 2.02. The van der Waals surface area contributed by atoms with E-state index < -0.39 is 0 Å². The van der Waals surface area contributed by atoms with E-state index in [9.17, 15) is 0 Å². The van der Waals surface area contributed by atoms with Crippen LogP contribution in [0.5, 0.6) is 0 Å². The first kappa shape index (κ1) is 10.7. The van der Waals surface area contributed by atoms with Crippen LogP contribution in [0.25, 0.3) is 0 Å².